The van der Waals surface area contributed by atoms with Crippen LogP contribution in [0.4, 0.5) is 0 Å². The summed E-state index contributed by atoms with van der Waals surface area (Å²) < 4.78 is 42.1. The third kappa shape index (κ3) is 4.87. The van der Waals surface area contributed by atoms with Crippen molar-refractivity contribution < 1.29 is 22.4 Å². The molecule has 0 fully saturated rings. The summed E-state index contributed by atoms with van der Waals surface area (Å²) in [6, 6.07) is 12.0. The minimum absolute atomic E-state index is 0.0624. The van der Waals surface area contributed by atoms with Crippen LogP contribution in [0.2, 0.25) is 5.02 Å². The Morgan fingerprint density at radius 3 is 2.52 bits per heavy atom. The number of hydrogen-bond donors (Lipinski definition) is 0. The van der Waals surface area contributed by atoms with Gasteiger partial charge < -0.3 is 14.0 Å². The van der Waals surface area contributed by atoms with E-state index >= 15 is 0 Å². The Morgan fingerprint density at radius 2 is 1.83 bits per heavy atom. The topological polar surface area (TPSA) is 94.8 Å². The highest BCUT2D eigenvalue weighted by Crippen LogP contribution is 2.31. The van der Waals surface area contributed by atoms with Gasteiger partial charge in [0.05, 0.1) is 26.5 Å². The van der Waals surface area contributed by atoms with Crippen molar-refractivity contribution in [1.29, 1.82) is 0 Å². The predicted octanol–water partition coefficient (Wildman–Crippen LogP) is 3.37. The number of aromatic nitrogens is 2. The van der Waals surface area contributed by atoms with Gasteiger partial charge in [-0.2, -0.15) is 9.29 Å². The predicted molar refractivity (Wildman–Crippen MR) is 108 cm³/mol. The average Bonchev–Trinajstić information content (AvgIpc) is 3.17. The normalized spacial score (nSPS) is 11.6. The largest absolute Gasteiger partial charge is 0.493 e. The molecule has 8 nitrogen and oxygen atoms in total. The van der Waals surface area contributed by atoms with Crippen LogP contribution in [0.3, 0.4) is 0 Å². The standard InChI is InChI=1S/C19H20ClN3O5S/c1-23(29(24,25)12-14-6-4-5-7-15(14)20)11-18-21-19(22-28-18)13-8-9-16(26-2)17(10-13)27-3/h4-10H,11-12H2,1-3H3. The second-order valence-electron chi connectivity index (χ2n) is 6.19. The van der Waals surface area contributed by atoms with Crippen molar-refractivity contribution in [2.75, 3.05) is 21.3 Å². The van der Waals surface area contributed by atoms with Crippen molar-refractivity contribution >= 4 is 21.6 Å². The fourth-order valence-electron chi connectivity index (χ4n) is 2.62. The smallest absolute Gasteiger partial charge is 0.242 e. The van der Waals surface area contributed by atoms with Gasteiger partial charge in [-0.1, -0.05) is 35.0 Å². The third-order valence-electron chi connectivity index (χ3n) is 4.24. The maximum atomic E-state index is 12.6. The third-order valence-corrected chi connectivity index (χ3v) is 6.36. The summed E-state index contributed by atoms with van der Waals surface area (Å²) in [5.74, 6) is 1.36. The van der Waals surface area contributed by atoms with Gasteiger partial charge in [0.25, 0.3) is 0 Å². The molecule has 1 aromatic heterocycles. The van der Waals surface area contributed by atoms with Gasteiger partial charge in [-0.05, 0) is 29.8 Å². The van der Waals surface area contributed by atoms with E-state index in [-0.39, 0.29) is 18.2 Å². The van der Waals surface area contributed by atoms with E-state index in [1.54, 1.807) is 49.6 Å². The van der Waals surface area contributed by atoms with E-state index in [1.165, 1.54) is 14.2 Å². The summed E-state index contributed by atoms with van der Waals surface area (Å²) in [5, 5.41) is 4.33. The molecule has 0 radical (unpaired) electrons. The van der Waals surface area contributed by atoms with Crippen LogP contribution in [0, 0.1) is 0 Å². The maximum Gasteiger partial charge on any atom is 0.242 e. The minimum atomic E-state index is -3.62. The summed E-state index contributed by atoms with van der Waals surface area (Å²) in [6.07, 6.45) is 0. The van der Waals surface area contributed by atoms with E-state index in [2.05, 4.69) is 10.1 Å². The fourth-order valence-corrected chi connectivity index (χ4v) is 4.08. The van der Waals surface area contributed by atoms with Crippen LogP contribution >= 0.6 is 11.6 Å². The van der Waals surface area contributed by atoms with E-state index in [1.807, 2.05) is 0 Å². The highest BCUT2D eigenvalue weighted by Gasteiger charge is 2.23. The molecule has 0 spiro atoms. The van der Waals surface area contributed by atoms with Crippen LogP contribution < -0.4 is 9.47 Å². The lowest BCUT2D eigenvalue weighted by atomic mass is 10.2. The van der Waals surface area contributed by atoms with Crippen molar-refractivity contribution in [3.05, 3.63) is 58.9 Å². The monoisotopic (exact) mass is 437 g/mol. The van der Waals surface area contributed by atoms with Gasteiger partial charge >= 0.3 is 0 Å². The van der Waals surface area contributed by atoms with Gasteiger partial charge in [-0.3, -0.25) is 0 Å². The second-order valence-corrected chi connectivity index (χ2v) is 8.67. The molecule has 154 valence electrons. The quantitative estimate of drug-likeness (QED) is 0.533. The Morgan fingerprint density at radius 1 is 1.10 bits per heavy atom. The zero-order valence-electron chi connectivity index (χ0n) is 16.1. The molecule has 1 heterocycles. The lowest BCUT2D eigenvalue weighted by Crippen LogP contribution is -2.28. The molecular formula is C19H20ClN3O5S. The van der Waals surface area contributed by atoms with Crippen LogP contribution in [-0.2, 0) is 22.3 Å². The van der Waals surface area contributed by atoms with Crippen LogP contribution in [-0.4, -0.2) is 44.1 Å². The Balaban J connectivity index is 1.75. The molecule has 0 saturated heterocycles. The molecule has 0 saturated carbocycles. The number of nitrogens with zero attached hydrogens (tertiary/aromatic N) is 3. The number of hydrogen-bond acceptors (Lipinski definition) is 7. The number of rotatable bonds is 8. The summed E-state index contributed by atoms with van der Waals surface area (Å²) in [5.41, 5.74) is 1.18. The first-order chi connectivity index (χ1) is 13.8. The maximum absolute atomic E-state index is 12.6. The van der Waals surface area contributed by atoms with Crippen LogP contribution in [0.1, 0.15) is 11.5 Å². The molecule has 3 rings (SSSR count). The number of methoxy groups -OCH3 is 2. The zero-order chi connectivity index (χ0) is 21.0. The number of benzene rings is 2. The van der Waals surface area contributed by atoms with E-state index in [0.717, 1.165) is 4.31 Å². The molecule has 0 amide bonds. The average molecular weight is 438 g/mol. The lowest BCUT2D eigenvalue weighted by Gasteiger charge is -2.15. The first kappa shape index (κ1) is 21.1. The number of sulfonamides is 1. The molecule has 10 heteroatoms. The Bertz CT molecular complexity index is 1100. The highest BCUT2D eigenvalue weighted by atomic mass is 35.5. The molecular weight excluding hydrogens is 418 g/mol. The van der Waals surface area contributed by atoms with Crippen molar-refractivity contribution in [2.24, 2.45) is 0 Å². The van der Waals surface area contributed by atoms with E-state index in [9.17, 15) is 8.42 Å². The Hall–Kier alpha value is -2.62. The van der Waals surface area contributed by atoms with Gasteiger partial charge in [-0.25, -0.2) is 8.42 Å². The second kappa shape index (κ2) is 8.81. The van der Waals surface area contributed by atoms with Gasteiger partial charge in [-0.15, -0.1) is 0 Å². The van der Waals surface area contributed by atoms with Crippen LogP contribution in [0.5, 0.6) is 11.5 Å². The minimum Gasteiger partial charge on any atom is -0.493 e. The molecule has 0 unspecified atom stereocenters. The highest BCUT2D eigenvalue weighted by molar-refractivity contribution is 7.88. The molecule has 0 aliphatic carbocycles. The summed E-state index contributed by atoms with van der Waals surface area (Å²) >= 11 is 6.07. The van der Waals surface area contributed by atoms with E-state index in [4.69, 9.17) is 25.6 Å². The number of ether oxygens (including phenoxy) is 2. The van der Waals surface area contributed by atoms with E-state index in [0.29, 0.717) is 33.5 Å². The zero-order valence-corrected chi connectivity index (χ0v) is 17.7. The van der Waals surface area contributed by atoms with Crippen LogP contribution in [0.15, 0.2) is 47.0 Å². The first-order valence-corrected chi connectivity index (χ1v) is 10.5. The van der Waals surface area contributed by atoms with Gasteiger partial charge in [0.15, 0.2) is 11.5 Å². The van der Waals surface area contributed by atoms with E-state index < -0.39 is 10.0 Å². The molecule has 2 aromatic carbocycles. The molecule has 0 bridgehead atoms. The molecule has 0 aliphatic heterocycles. The first-order valence-electron chi connectivity index (χ1n) is 8.56. The summed E-state index contributed by atoms with van der Waals surface area (Å²) in [4.78, 5) is 4.28. The van der Waals surface area contributed by atoms with Crippen molar-refractivity contribution in [3.8, 4) is 22.9 Å². The van der Waals surface area contributed by atoms with Gasteiger partial charge in [0, 0.05) is 17.6 Å². The summed E-state index contributed by atoms with van der Waals surface area (Å²) in [6.45, 7) is -0.0624. The molecule has 0 atom stereocenters. The number of halogens is 1. The SMILES string of the molecule is COc1ccc(-c2noc(CN(C)S(=O)(=O)Cc3ccccc3Cl)n2)cc1OC. The Kier molecular flexibility index (Phi) is 6.41. The van der Waals surface area contributed by atoms with Gasteiger partial charge in [0.2, 0.25) is 21.7 Å². The lowest BCUT2D eigenvalue weighted by molar-refractivity contribution is 0.336. The van der Waals surface area contributed by atoms with Crippen molar-refractivity contribution in [2.45, 2.75) is 12.3 Å². The molecule has 3 aromatic rings. The molecule has 0 N–H and O–H groups in total. The van der Waals surface area contributed by atoms with Gasteiger partial charge in [0.1, 0.15) is 0 Å². The molecule has 0 aliphatic rings. The molecule has 29 heavy (non-hydrogen) atoms. The summed E-state index contributed by atoms with van der Waals surface area (Å²) in [7, 11) is 0.901. The van der Waals surface area contributed by atoms with Crippen molar-refractivity contribution in [1.82, 2.24) is 14.4 Å². The Labute approximate surface area is 174 Å². The fraction of sp³-hybridized carbons (Fsp3) is 0.263. The van der Waals surface area contributed by atoms with Crippen LogP contribution in [0.25, 0.3) is 11.4 Å². The van der Waals surface area contributed by atoms with Crippen molar-refractivity contribution in [3.63, 3.8) is 0 Å².